The first kappa shape index (κ1) is 20.1. The van der Waals surface area contributed by atoms with Crippen molar-refractivity contribution < 1.29 is 18.7 Å². The SMILES string of the molecule is O=C(c1ccc2c(c1)OCCO2)C1CCN(Cc2ncc(-c3ccc(Cl)cc3)o2)CC1. The average Bonchev–Trinajstić information content (AvgIpc) is 3.27. The number of halogens is 1. The van der Waals surface area contributed by atoms with Crippen LogP contribution in [0.2, 0.25) is 5.02 Å². The number of rotatable bonds is 5. The normalized spacial score (nSPS) is 16.9. The number of carbonyl (C=O) groups is 1. The van der Waals surface area contributed by atoms with Gasteiger partial charge in [0.15, 0.2) is 23.0 Å². The van der Waals surface area contributed by atoms with E-state index >= 15 is 0 Å². The summed E-state index contributed by atoms with van der Waals surface area (Å²) in [5.74, 6) is 2.99. The van der Waals surface area contributed by atoms with Gasteiger partial charge in [0.1, 0.15) is 13.2 Å². The van der Waals surface area contributed by atoms with E-state index in [-0.39, 0.29) is 11.7 Å². The number of oxazole rings is 1. The molecule has 0 atom stereocenters. The highest BCUT2D eigenvalue weighted by Gasteiger charge is 2.27. The van der Waals surface area contributed by atoms with Crippen molar-refractivity contribution in [3.63, 3.8) is 0 Å². The molecule has 3 aromatic rings. The summed E-state index contributed by atoms with van der Waals surface area (Å²) in [6.07, 6.45) is 3.38. The fourth-order valence-corrected chi connectivity index (χ4v) is 4.23. The topological polar surface area (TPSA) is 64.8 Å². The maximum absolute atomic E-state index is 13.0. The lowest BCUT2D eigenvalue weighted by Gasteiger charge is -2.30. The van der Waals surface area contributed by atoms with Crippen LogP contribution >= 0.6 is 11.6 Å². The molecule has 0 saturated carbocycles. The van der Waals surface area contributed by atoms with Crippen molar-refractivity contribution in [1.82, 2.24) is 9.88 Å². The minimum absolute atomic E-state index is 0.0213. The Kier molecular flexibility index (Phi) is 5.66. The van der Waals surface area contributed by atoms with Crippen LogP contribution in [0.15, 0.2) is 53.1 Å². The van der Waals surface area contributed by atoms with Gasteiger partial charge in [-0.1, -0.05) is 11.6 Å². The predicted octanol–water partition coefficient (Wildman–Crippen LogP) is 4.86. The number of ether oxygens (including phenoxy) is 2. The minimum Gasteiger partial charge on any atom is -0.486 e. The molecule has 5 rings (SSSR count). The molecule has 0 N–H and O–H groups in total. The monoisotopic (exact) mass is 438 g/mol. The standard InChI is InChI=1S/C24H23ClN2O4/c25-19-4-1-16(2-5-19)22-14-26-23(31-22)15-27-9-7-17(8-10-27)24(28)18-3-6-20-21(13-18)30-12-11-29-20/h1-6,13-14,17H,7-12,15H2. The van der Waals surface area contributed by atoms with Crippen LogP contribution in [0, 0.1) is 5.92 Å². The number of carbonyl (C=O) groups excluding carboxylic acids is 1. The van der Waals surface area contributed by atoms with Gasteiger partial charge in [-0.25, -0.2) is 4.98 Å². The Bertz CT molecular complexity index is 1070. The van der Waals surface area contributed by atoms with Gasteiger partial charge in [-0.15, -0.1) is 0 Å². The maximum Gasteiger partial charge on any atom is 0.209 e. The van der Waals surface area contributed by atoms with E-state index in [1.54, 1.807) is 6.20 Å². The molecule has 6 nitrogen and oxygen atoms in total. The number of hydrogen-bond donors (Lipinski definition) is 0. The van der Waals surface area contributed by atoms with E-state index in [1.807, 2.05) is 42.5 Å². The quantitative estimate of drug-likeness (QED) is 0.530. The molecule has 0 radical (unpaired) electrons. The molecule has 1 aromatic heterocycles. The van der Waals surface area contributed by atoms with E-state index in [2.05, 4.69) is 9.88 Å². The smallest absolute Gasteiger partial charge is 0.209 e. The third-order valence-corrected chi connectivity index (χ3v) is 6.08. The van der Waals surface area contributed by atoms with E-state index in [4.69, 9.17) is 25.5 Å². The van der Waals surface area contributed by atoms with Crippen LogP contribution in [-0.2, 0) is 6.54 Å². The number of piperidine rings is 1. The predicted molar refractivity (Wildman–Crippen MR) is 117 cm³/mol. The van der Waals surface area contributed by atoms with Crippen LogP contribution in [0.3, 0.4) is 0 Å². The molecule has 0 aliphatic carbocycles. The van der Waals surface area contributed by atoms with Gasteiger partial charge >= 0.3 is 0 Å². The number of Topliss-reactive ketones (excluding diaryl/α,β-unsaturated/α-hetero) is 1. The zero-order chi connectivity index (χ0) is 21.2. The Balaban J connectivity index is 1.17. The summed E-state index contributed by atoms with van der Waals surface area (Å²) in [5.41, 5.74) is 1.65. The molecule has 31 heavy (non-hydrogen) atoms. The summed E-state index contributed by atoms with van der Waals surface area (Å²) in [5, 5.41) is 0.692. The third kappa shape index (κ3) is 4.45. The molecule has 1 fully saturated rings. The number of hydrogen-bond acceptors (Lipinski definition) is 6. The molecular formula is C24H23ClN2O4. The Morgan fingerprint density at radius 1 is 1.03 bits per heavy atom. The van der Waals surface area contributed by atoms with Crippen LogP contribution in [0.25, 0.3) is 11.3 Å². The molecule has 0 spiro atoms. The lowest BCUT2D eigenvalue weighted by molar-refractivity contribution is 0.0826. The summed E-state index contributed by atoms with van der Waals surface area (Å²) >= 11 is 5.95. The van der Waals surface area contributed by atoms with Gasteiger partial charge < -0.3 is 13.9 Å². The fraction of sp³-hybridized carbons (Fsp3) is 0.333. The Morgan fingerprint density at radius 2 is 1.77 bits per heavy atom. The number of nitrogens with zero attached hydrogens (tertiary/aromatic N) is 2. The van der Waals surface area contributed by atoms with Crippen LogP contribution < -0.4 is 9.47 Å². The van der Waals surface area contributed by atoms with Crippen molar-refractivity contribution in [2.45, 2.75) is 19.4 Å². The van der Waals surface area contributed by atoms with Crippen LogP contribution in [-0.4, -0.2) is 42.0 Å². The number of fused-ring (bicyclic) bond motifs is 1. The number of aromatic nitrogens is 1. The molecular weight excluding hydrogens is 416 g/mol. The van der Waals surface area contributed by atoms with E-state index in [0.29, 0.717) is 47.7 Å². The van der Waals surface area contributed by atoms with E-state index in [9.17, 15) is 4.79 Å². The highest BCUT2D eigenvalue weighted by atomic mass is 35.5. The van der Waals surface area contributed by atoms with Gasteiger partial charge in [0, 0.05) is 22.1 Å². The van der Waals surface area contributed by atoms with Gasteiger partial charge in [-0.05, 0) is 68.4 Å². The number of ketones is 1. The molecule has 2 aliphatic heterocycles. The Hall–Kier alpha value is -2.83. The molecule has 2 aliphatic rings. The lowest BCUT2D eigenvalue weighted by Crippen LogP contribution is -2.36. The lowest BCUT2D eigenvalue weighted by atomic mass is 9.88. The van der Waals surface area contributed by atoms with Crippen LogP contribution in [0.1, 0.15) is 29.1 Å². The zero-order valence-corrected chi connectivity index (χ0v) is 17.8. The van der Waals surface area contributed by atoms with E-state index in [1.165, 1.54) is 0 Å². The van der Waals surface area contributed by atoms with Crippen molar-refractivity contribution in [3.05, 3.63) is 65.1 Å². The highest BCUT2D eigenvalue weighted by Crippen LogP contribution is 2.33. The van der Waals surface area contributed by atoms with Crippen molar-refractivity contribution in [3.8, 4) is 22.8 Å². The first-order valence-electron chi connectivity index (χ1n) is 10.5. The van der Waals surface area contributed by atoms with Crippen LogP contribution in [0.4, 0.5) is 0 Å². The summed E-state index contributed by atoms with van der Waals surface area (Å²) in [6, 6.07) is 13.0. The van der Waals surface area contributed by atoms with Gasteiger partial charge in [0.25, 0.3) is 0 Å². The van der Waals surface area contributed by atoms with Gasteiger partial charge in [0.2, 0.25) is 5.89 Å². The molecule has 2 aromatic carbocycles. The summed E-state index contributed by atoms with van der Waals surface area (Å²) in [4.78, 5) is 19.7. The summed E-state index contributed by atoms with van der Waals surface area (Å²) in [7, 11) is 0. The molecule has 160 valence electrons. The molecule has 1 saturated heterocycles. The summed E-state index contributed by atoms with van der Waals surface area (Å²) < 4.78 is 17.1. The van der Waals surface area contributed by atoms with Crippen molar-refractivity contribution in [2.75, 3.05) is 26.3 Å². The molecule has 0 unspecified atom stereocenters. The molecule has 0 bridgehead atoms. The Labute approximate surface area is 185 Å². The third-order valence-electron chi connectivity index (χ3n) is 5.83. The van der Waals surface area contributed by atoms with Gasteiger partial charge in [-0.2, -0.15) is 0 Å². The second-order valence-electron chi connectivity index (χ2n) is 7.90. The minimum atomic E-state index is 0.0213. The first-order chi connectivity index (χ1) is 15.2. The maximum atomic E-state index is 13.0. The van der Waals surface area contributed by atoms with Crippen molar-refractivity contribution >= 4 is 17.4 Å². The fourth-order valence-electron chi connectivity index (χ4n) is 4.11. The van der Waals surface area contributed by atoms with E-state index in [0.717, 1.165) is 37.3 Å². The summed E-state index contributed by atoms with van der Waals surface area (Å²) in [6.45, 7) is 3.37. The van der Waals surface area contributed by atoms with Crippen LogP contribution in [0.5, 0.6) is 11.5 Å². The number of likely N-dealkylation sites (tertiary alicyclic amines) is 1. The molecule has 7 heteroatoms. The second-order valence-corrected chi connectivity index (χ2v) is 8.33. The highest BCUT2D eigenvalue weighted by molar-refractivity contribution is 6.30. The van der Waals surface area contributed by atoms with Gasteiger partial charge in [0.05, 0.1) is 12.7 Å². The van der Waals surface area contributed by atoms with Crippen molar-refractivity contribution in [1.29, 1.82) is 0 Å². The number of benzene rings is 2. The van der Waals surface area contributed by atoms with E-state index < -0.39 is 0 Å². The Morgan fingerprint density at radius 3 is 2.55 bits per heavy atom. The first-order valence-corrected chi connectivity index (χ1v) is 10.9. The van der Waals surface area contributed by atoms with Gasteiger partial charge in [-0.3, -0.25) is 9.69 Å². The average molecular weight is 439 g/mol. The zero-order valence-electron chi connectivity index (χ0n) is 17.1. The van der Waals surface area contributed by atoms with Crippen molar-refractivity contribution in [2.24, 2.45) is 5.92 Å². The second kappa shape index (κ2) is 8.73. The molecule has 0 amide bonds. The largest absolute Gasteiger partial charge is 0.486 e. The molecule has 3 heterocycles.